The van der Waals surface area contributed by atoms with Crippen LogP contribution in [0.3, 0.4) is 0 Å². The Bertz CT molecular complexity index is 353. The minimum atomic E-state index is -0.0809. The summed E-state index contributed by atoms with van der Waals surface area (Å²) >= 11 is 0. The van der Waals surface area contributed by atoms with E-state index in [4.69, 9.17) is 5.11 Å². The molecule has 0 saturated heterocycles. The number of hydrogen-bond acceptors (Lipinski definition) is 3. The number of anilines is 1. The Morgan fingerprint density at radius 3 is 2.75 bits per heavy atom. The molecule has 16 heavy (non-hydrogen) atoms. The summed E-state index contributed by atoms with van der Waals surface area (Å²) in [5, 5.41) is 14.8. The van der Waals surface area contributed by atoms with Gasteiger partial charge in [0.15, 0.2) is 0 Å². The normalized spacial score (nSPS) is 12.2. The summed E-state index contributed by atoms with van der Waals surface area (Å²) in [7, 11) is 0. The number of rotatable bonds is 5. The molecule has 1 aromatic rings. The second-order valence-corrected chi connectivity index (χ2v) is 3.80. The van der Waals surface area contributed by atoms with Gasteiger partial charge in [-0.05, 0) is 18.6 Å². The number of aliphatic hydroxyl groups excluding tert-OH is 1. The summed E-state index contributed by atoms with van der Waals surface area (Å²) in [4.78, 5) is 11.0. The van der Waals surface area contributed by atoms with Crippen LogP contribution in [0.25, 0.3) is 0 Å². The lowest BCUT2D eigenvalue weighted by atomic mass is 10.1. The average Bonchev–Trinajstić information content (AvgIpc) is 2.26. The molecule has 0 fully saturated rings. The van der Waals surface area contributed by atoms with Gasteiger partial charge in [0.25, 0.3) is 0 Å². The summed E-state index contributed by atoms with van der Waals surface area (Å²) < 4.78 is 0. The van der Waals surface area contributed by atoms with Gasteiger partial charge in [-0.3, -0.25) is 4.79 Å². The van der Waals surface area contributed by atoms with Crippen molar-refractivity contribution in [2.24, 2.45) is 0 Å². The van der Waals surface area contributed by atoms with Gasteiger partial charge in [-0.15, -0.1) is 0 Å². The number of amides is 1. The first-order valence-corrected chi connectivity index (χ1v) is 5.33. The smallest absolute Gasteiger partial charge is 0.221 e. The van der Waals surface area contributed by atoms with Gasteiger partial charge in [-0.1, -0.05) is 18.2 Å². The molecule has 0 aromatic heterocycles. The monoisotopic (exact) mass is 222 g/mol. The van der Waals surface area contributed by atoms with E-state index in [1.165, 1.54) is 6.92 Å². The molecule has 0 saturated carbocycles. The topological polar surface area (TPSA) is 61.4 Å². The molecule has 0 radical (unpaired) electrons. The molecular formula is C12H18N2O2. The number of aliphatic hydroxyl groups is 1. The van der Waals surface area contributed by atoms with E-state index in [0.29, 0.717) is 6.54 Å². The molecule has 0 bridgehead atoms. The predicted molar refractivity (Wildman–Crippen MR) is 64.1 cm³/mol. The highest BCUT2D eigenvalue weighted by Gasteiger charge is 2.04. The minimum absolute atomic E-state index is 0.0467. The van der Waals surface area contributed by atoms with Crippen LogP contribution in [0.1, 0.15) is 19.4 Å². The van der Waals surface area contributed by atoms with E-state index in [9.17, 15) is 4.79 Å². The molecular weight excluding hydrogens is 204 g/mol. The van der Waals surface area contributed by atoms with Gasteiger partial charge in [0.05, 0.1) is 6.61 Å². The SMILES string of the molecule is CC(=O)Nc1ccccc1CN[C@H](C)CO. The van der Waals surface area contributed by atoms with Gasteiger partial charge >= 0.3 is 0 Å². The zero-order chi connectivity index (χ0) is 12.0. The van der Waals surface area contributed by atoms with E-state index in [0.717, 1.165) is 11.3 Å². The first kappa shape index (κ1) is 12.7. The molecule has 0 heterocycles. The van der Waals surface area contributed by atoms with E-state index < -0.39 is 0 Å². The van der Waals surface area contributed by atoms with E-state index in [-0.39, 0.29) is 18.6 Å². The van der Waals surface area contributed by atoms with Crippen molar-refractivity contribution in [1.82, 2.24) is 5.32 Å². The van der Waals surface area contributed by atoms with E-state index in [1.54, 1.807) is 0 Å². The third kappa shape index (κ3) is 4.00. The number of para-hydroxylation sites is 1. The van der Waals surface area contributed by atoms with Crippen LogP contribution >= 0.6 is 0 Å². The number of nitrogens with one attached hydrogen (secondary N) is 2. The maximum Gasteiger partial charge on any atom is 0.221 e. The quantitative estimate of drug-likeness (QED) is 0.699. The third-order valence-corrected chi connectivity index (χ3v) is 2.24. The van der Waals surface area contributed by atoms with Crippen LogP contribution in [-0.2, 0) is 11.3 Å². The maximum absolute atomic E-state index is 11.0. The zero-order valence-electron chi connectivity index (χ0n) is 9.66. The molecule has 0 spiro atoms. The van der Waals surface area contributed by atoms with Crippen LogP contribution in [0.15, 0.2) is 24.3 Å². The second-order valence-electron chi connectivity index (χ2n) is 3.80. The molecule has 1 amide bonds. The van der Waals surface area contributed by atoms with Crippen LogP contribution < -0.4 is 10.6 Å². The first-order chi connectivity index (χ1) is 7.63. The highest BCUT2D eigenvalue weighted by atomic mass is 16.3. The Morgan fingerprint density at radius 1 is 1.44 bits per heavy atom. The molecule has 4 nitrogen and oxygen atoms in total. The standard InChI is InChI=1S/C12H18N2O2/c1-9(8-15)13-7-11-5-3-4-6-12(11)14-10(2)16/h3-6,9,13,15H,7-8H2,1-2H3,(H,14,16)/t9-/m1/s1. The van der Waals surface area contributed by atoms with Crippen molar-refractivity contribution < 1.29 is 9.90 Å². The van der Waals surface area contributed by atoms with Gasteiger partial charge in [0.2, 0.25) is 5.91 Å². The molecule has 0 unspecified atom stereocenters. The number of benzene rings is 1. The molecule has 88 valence electrons. The summed E-state index contributed by atoms with van der Waals surface area (Å²) in [6, 6.07) is 7.66. The number of hydrogen-bond donors (Lipinski definition) is 3. The summed E-state index contributed by atoms with van der Waals surface area (Å²) in [6.45, 7) is 4.11. The van der Waals surface area contributed by atoms with Crippen molar-refractivity contribution >= 4 is 11.6 Å². The Labute approximate surface area is 95.7 Å². The van der Waals surface area contributed by atoms with Crippen molar-refractivity contribution in [2.45, 2.75) is 26.4 Å². The molecule has 4 heteroatoms. The molecule has 1 aromatic carbocycles. The lowest BCUT2D eigenvalue weighted by molar-refractivity contribution is -0.114. The largest absolute Gasteiger partial charge is 0.395 e. The molecule has 0 aliphatic rings. The summed E-state index contributed by atoms with van der Waals surface area (Å²) in [5.41, 5.74) is 1.82. The van der Waals surface area contributed by atoms with Crippen LogP contribution in [-0.4, -0.2) is 23.7 Å². The predicted octanol–water partition coefficient (Wildman–Crippen LogP) is 1.12. The lowest BCUT2D eigenvalue weighted by Crippen LogP contribution is -2.29. The lowest BCUT2D eigenvalue weighted by Gasteiger charge is -2.13. The Morgan fingerprint density at radius 2 is 2.12 bits per heavy atom. The minimum Gasteiger partial charge on any atom is -0.395 e. The van der Waals surface area contributed by atoms with Crippen LogP contribution in [0.5, 0.6) is 0 Å². The fraction of sp³-hybridized carbons (Fsp3) is 0.417. The zero-order valence-corrected chi connectivity index (χ0v) is 9.66. The highest BCUT2D eigenvalue weighted by Crippen LogP contribution is 2.14. The van der Waals surface area contributed by atoms with Gasteiger partial charge < -0.3 is 15.7 Å². The second kappa shape index (κ2) is 6.25. The molecule has 0 aliphatic heterocycles. The maximum atomic E-state index is 11.0. The van der Waals surface area contributed by atoms with Crippen molar-refractivity contribution in [3.8, 4) is 0 Å². The van der Waals surface area contributed by atoms with Crippen LogP contribution in [0.2, 0.25) is 0 Å². The van der Waals surface area contributed by atoms with Crippen molar-refractivity contribution in [3.63, 3.8) is 0 Å². The van der Waals surface area contributed by atoms with Gasteiger partial charge in [0.1, 0.15) is 0 Å². The molecule has 0 aliphatic carbocycles. The Balaban J connectivity index is 2.67. The van der Waals surface area contributed by atoms with Gasteiger partial charge in [-0.25, -0.2) is 0 Å². The third-order valence-electron chi connectivity index (χ3n) is 2.24. The number of carbonyl (C=O) groups is 1. The Hall–Kier alpha value is -1.39. The van der Waals surface area contributed by atoms with Crippen LogP contribution in [0, 0.1) is 0 Å². The Kier molecular flexibility index (Phi) is 4.95. The van der Waals surface area contributed by atoms with Crippen molar-refractivity contribution in [3.05, 3.63) is 29.8 Å². The van der Waals surface area contributed by atoms with E-state index >= 15 is 0 Å². The van der Waals surface area contributed by atoms with E-state index in [2.05, 4.69) is 10.6 Å². The molecule has 3 N–H and O–H groups in total. The summed E-state index contributed by atoms with van der Waals surface area (Å²) in [6.07, 6.45) is 0. The average molecular weight is 222 g/mol. The number of carbonyl (C=O) groups excluding carboxylic acids is 1. The first-order valence-electron chi connectivity index (χ1n) is 5.33. The van der Waals surface area contributed by atoms with Gasteiger partial charge in [0, 0.05) is 25.2 Å². The molecule has 1 rings (SSSR count). The van der Waals surface area contributed by atoms with Crippen LogP contribution in [0.4, 0.5) is 5.69 Å². The fourth-order valence-corrected chi connectivity index (χ4v) is 1.33. The highest BCUT2D eigenvalue weighted by molar-refractivity contribution is 5.89. The van der Waals surface area contributed by atoms with Crippen molar-refractivity contribution in [1.29, 1.82) is 0 Å². The van der Waals surface area contributed by atoms with E-state index in [1.807, 2.05) is 31.2 Å². The molecule has 1 atom stereocenters. The van der Waals surface area contributed by atoms with Crippen molar-refractivity contribution in [2.75, 3.05) is 11.9 Å². The summed E-state index contributed by atoms with van der Waals surface area (Å²) in [5.74, 6) is -0.0809. The van der Waals surface area contributed by atoms with Gasteiger partial charge in [-0.2, -0.15) is 0 Å². The fourth-order valence-electron chi connectivity index (χ4n) is 1.33.